The minimum atomic E-state index is -2.82. The molecule has 0 aliphatic heterocycles. The van der Waals surface area contributed by atoms with Gasteiger partial charge >= 0.3 is 5.97 Å². The van der Waals surface area contributed by atoms with Gasteiger partial charge in [0, 0.05) is 6.42 Å². The fourth-order valence-electron chi connectivity index (χ4n) is 1.28. The van der Waals surface area contributed by atoms with Gasteiger partial charge in [0.25, 0.3) is 5.91 Å². The van der Waals surface area contributed by atoms with Crippen molar-refractivity contribution >= 4 is 23.5 Å². The fourth-order valence-corrected chi connectivity index (χ4v) is 1.50. The predicted octanol–water partition coefficient (Wildman–Crippen LogP) is 2.18. The van der Waals surface area contributed by atoms with Crippen LogP contribution < -0.4 is 5.32 Å². The zero-order valence-electron chi connectivity index (χ0n) is 9.07. The summed E-state index contributed by atoms with van der Waals surface area (Å²) in [7, 11) is 0. The SMILES string of the molecule is O=C(NC(CC(F)F)C(=O)O)c1ccccc1Cl. The lowest BCUT2D eigenvalue weighted by Gasteiger charge is -2.14. The van der Waals surface area contributed by atoms with Crippen molar-refractivity contribution in [1.82, 2.24) is 5.32 Å². The summed E-state index contributed by atoms with van der Waals surface area (Å²) in [5, 5.41) is 10.8. The molecule has 2 N–H and O–H groups in total. The molecule has 1 aromatic rings. The first-order chi connectivity index (χ1) is 8.41. The second kappa shape index (κ2) is 6.30. The van der Waals surface area contributed by atoms with Crippen LogP contribution in [0, 0.1) is 0 Å². The molecule has 0 radical (unpaired) electrons. The van der Waals surface area contributed by atoms with E-state index < -0.39 is 30.8 Å². The van der Waals surface area contributed by atoms with Gasteiger partial charge in [-0.3, -0.25) is 4.79 Å². The van der Waals surface area contributed by atoms with Crippen LogP contribution in [0.1, 0.15) is 16.8 Å². The quantitative estimate of drug-likeness (QED) is 0.867. The number of hydrogen-bond acceptors (Lipinski definition) is 2. The third-order valence-electron chi connectivity index (χ3n) is 2.14. The van der Waals surface area contributed by atoms with Crippen LogP contribution in [0.25, 0.3) is 0 Å². The Kier molecular flexibility index (Phi) is 5.03. The summed E-state index contributed by atoms with van der Waals surface area (Å²) in [6.07, 6.45) is -3.77. The smallest absolute Gasteiger partial charge is 0.326 e. The van der Waals surface area contributed by atoms with E-state index in [1.165, 1.54) is 18.2 Å². The van der Waals surface area contributed by atoms with Gasteiger partial charge in [0.05, 0.1) is 10.6 Å². The third kappa shape index (κ3) is 3.96. The number of aliphatic carboxylic acids is 1. The standard InChI is InChI=1S/C11H10ClF2NO3/c12-7-4-2-1-3-6(7)10(16)15-8(11(17)18)5-9(13)14/h1-4,8-9H,5H2,(H,15,16)(H,17,18). The van der Waals surface area contributed by atoms with E-state index in [-0.39, 0.29) is 10.6 Å². The monoisotopic (exact) mass is 277 g/mol. The highest BCUT2D eigenvalue weighted by atomic mass is 35.5. The number of amides is 1. The summed E-state index contributed by atoms with van der Waals surface area (Å²) >= 11 is 5.73. The van der Waals surface area contributed by atoms with Crippen molar-refractivity contribution in [3.05, 3.63) is 34.9 Å². The number of nitrogens with one attached hydrogen (secondary N) is 1. The number of alkyl halides is 2. The number of halogens is 3. The topological polar surface area (TPSA) is 66.4 Å². The number of rotatable bonds is 5. The Morgan fingerprint density at radius 1 is 1.33 bits per heavy atom. The molecule has 0 spiro atoms. The van der Waals surface area contributed by atoms with Crippen molar-refractivity contribution in [2.24, 2.45) is 0 Å². The predicted molar refractivity (Wildman–Crippen MR) is 61.0 cm³/mol. The average molecular weight is 278 g/mol. The maximum atomic E-state index is 12.1. The first-order valence-corrected chi connectivity index (χ1v) is 5.36. The molecule has 1 unspecified atom stereocenters. The molecule has 1 rings (SSSR count). The zero-order valence-corrected chi connectivity index (χ0v) is 9.82. The lowest BCUT2D eigenvalue weighted by molar-refractivity contribution is -0.140. The molecule has 0 heterocycles. The van der Waals surface area contributed by atoms with Crippen LogP contribution >= 0.6 is 11.6 Å². The van der Waals surface area contributed by atoms with Crippen molar-refractivity contribution in [2.45, 2.75) is 18.9 Å². The van der Waals surface area contributed by atoms with Crippen LogP contribution in [0.15, 0.2) is 24.3 Å². The minimum Gasteiger partial charge on any atom is -0.480 e. The molecular weight excluding hydrogens is 268 g/mol. The Balaban J connectivity index is 2.79. The molecule has 98 valence electrons. The Morgan fingerprint density at radius 2 is 1.94 bits per heavy atom. The highest BCUT2D eigenvalue weighted by molar-refractivity contribution is 6.33. The van der Waals surface area contributed by atoms with Gasteiger partial charge in [0.1, 0.15) is 6.04 Å². The van der Waals surface area contributed by atoms with Gasteiger partial charge in [-0.05, 0) is 12.1 Å². The van der Waals surface area contributed by atoms with Crippen LogP contribution in [-0.4, -0.2) is 29.5 Å². The molecule has 0 aromatic heterocycles. The molecule has 1 atom stereocenters. The van der Waals surface area contributed by atoms with Crippen LogP contribution in [0.2, 0.25) is 5.02 Å². The first-order valence-electron chi connectivity index (χ1n) is 4.98. The molecule has 0 saturated carbocycles. The van der Waals surface area contributed by atoms with E-state index in [0.717, 1.165) is 0 Å². The molecular formula is C11H10ClF2NO3. The molecule has 0 aliphatic carbocycles. The molecule has 7 heteroatoms. The van der Waals surface area contributed by atoms with Crippen LogP contribution in [0.5, 0.6) is 0 Å². The van der Waals surface area contributed by atoms with E-state index in [1.807, 2.05) is 5.32 Å². The molecule has 18 heavy (non-hydrogen) atoms. The lowest BCUT2D eigenvalue weighted by atomic mass is 10.1. The van der Waals surface area contributed by atoms with E-state index in [2.05, 4.69) is 0 Å². The highest BCUT2D eigenvalue weighted by Crippen LogP contribution is 2.15. The molecule has 1 aromatic carbocycles. The largest absolute Gasteiger partial charge is 0.480 e. The number of benzene rings is 1. The first kappa shape index (κ1) is 14.4. The normalized spacial score (nSPS) is 12.2. The van der Waals surface area contributed by atoms with E-state index in [9.17, 15) is 18.4 Å². The summed E-state index contributed by atoms with van der Waals surface area (Å²) < 4.78 is 24.3. The maximum Gasteiger partial charge on any atom is 0.326 e. The van der Waals surface area contributed by atoms with E-state index >= 15 is 0 Å². The van der Waals surface area contributed by atoms with E-state index in [4.69, 9.17) is 16.7 Å². The molecule has 0 saturated heterocycles. The molecule has 1 amide bonds. The third-order valence-corrected chi connectivity index (χ3v) is 2.47. The van der Waals surface area contributed by atoms with Crippen molar-refractivity contribution in [3.8, 4) is 0 Å². The Morgan fingerprint density at radius 3 is 2.44 bits per heavy atom. The molecule has 4 nitrogen and oxygen atoms in total. The molecule has 0 bridgehead atoms. The summed E-state index contributed by atoms with van der Waals surface area (Å²) in [6.45, 7) is 0. The average Bonchev–Trinajstić information content (AvgIpc) is 2.27. The van der Waals surface area contributed by atoms with Gasteiger partial charge in [-0.25, -0.2) is 13.6 Å². The maximum absolute atomic E-state index is 12.1. The van der Waals surface area contributed by atoms with Crippen molar-refractivity contribution in [2.75, 3.05) is 0 Å². The van der Waals surface area contributed by atoms with Gasteiger partial charge in [-0.1, -0.05) is 23.7 Å². The van der Waals surface area contributed by atoms with E-state index in [0.29, 0.717) is 0 Å². The summed E-state index contributed by atoms with van der Waals surface area (Å²) in [5.41, 5.74) is 0.0414. The number of carboxylic acids is 1. The van der Waals surface area contributed by atoms with Crippen LogP contribution in [-0.2, 0) is 4.79 Å². The van der Waals surface area contributed by atoms with Crippen molar-refractivity contribution in [3.63, 3.8) is 0 Å². The molecule has 0 aliphatic rings. The number of carbonyl (C=O) groups excluding carboxylic acids is 1. The van der Waals surface area contributed by atoms with Gasteiger partial charge in [-0.2, -0.15) is 0 Å². The van der Waals surface area contributed by atoms with E-state index in [1.54, 1.807) is 6.07 Å². The summed E-state index contributed by atoms with van der Waals surface area (Å²) in [5.74, 6) is -2.32. The van der Waals surface area contributed by atoms with Gasteiger partial charge < -0.3 is 10.4 Å². The second-order valence-corrected chi connectivity index (χ2v) is 3.88. The lowest BCUT2D eigenvalue weighted by Crippen LogP contribution is -2.42. The number of carboxylic acid groups (broad SMARTS) is 1. The Bertz CT molecular complexity index is 454. The minimum absolute atomic E-state index is 0.0414. The van der Waals surface area contributed by atoms with Gasteiger partial charge in [0.15, 0.2) is 0 Å². The Hall–Kier alpha value is -1.69. The fraction of sp³-hybridized carbons (Fsp3) is 0.273. The molecule has 0 fully saturated rings. The Labute approximate surface area is 107 Å². The van der Waals surface area contributed by atoms with Crippen molar-refractivity contribution in [1.29, 1.82) is 0 Å². The van der Waals surface area contributed by atoms with Crippen LogP contribution in [0.4, 0.5) is 8.78 Å². The zero-order chi connectivity index (χ0) is 13.7. The second-order valence-electron chi connectivity index (χ2n) is 3.47. The van der Waals surface area contributed by atoms with Crippen LogP contribution in [0.3, 0.4) is 0 Å². The summed E-state index contributed by atoms with van der Waals surface area (Å²) in [6, 6.07) is 4.29. The number of hydrogen-bond donors (Lipinski definition) is 2. The summed E-state index contributed by atoms with van der Waals surface area (Å²) in [4.78, 5) is 22.4. The highest BCUT2D eigenvalue weighted by Gasteiger charge is 2.25. The van der Waals surface area contributed by atoms with Gasteiger partial charge in [0.2, 0.25) is 6.43 Å². The van der Waals surface area contributed by atoms with Crippen molar-refractivity contribution < 1.29 is 23.5 Å². The van der Waals surface area contributed by atoms with Gasteiger partial charge in [-0.15, -0.1) is 0 Å². The number of carbonyl (C=O) groups is 2.